The van der Waals surface area contributed by atoms with E-state index >= 15 is 0 Å². The monoisotopic (exact) mass is 550 g/mol. The zero-order chi connectivity index (χ0) is 29.0. The van der Waals surface area contributed by atoms with Crippen molar-refractivity contribution >= 4 is 5.97 Å². The molecule has 2 N–H and O–H groups in total. The summed E-state index contributed by atoms with van der Waals surface area (Å²) in [4.78, 5) is 12.1. The second-order valence-corrected chi connectivity index (χ2v) is 9.71. The van der Waals surface area contributed by atoms with Crippen molar-refractivity contribution in [1.82, 2.24) is 0 Å². The number of carbonyl (C=O) groups excluding carboxylic acids is 1. The number of ether oxygens (including phenoxy) is 4. The Morgan fingerprint density at radius 2 is 1.62 bits per heavy atom. The fourth-order valence-electron chi connectivity index (χ4n) is 5.29. The average molecular weight is 551 g/mol. The fraction of sp³-hybridized carbons (Fsp3) is 0.455. The molecule has 0 aliphatic carbocycles. The van der Waals surface area contributed by atoms with Crippen molar-refractivity contribution < 1.29 is 34.0 Å². The second-order valence-electron chi connectivity index (χ2n) is 9.71. The number of fused-ring (bicyclic) bond motifs is 1. The van der Waals surface area contributed by atoms with Gasteiger partial charge in [-0.15, -0.1) is 5.73 Å². The molecule has 4 unspecified atom stereocenters. The van der Waals surface area contributed by atoms with Gasteiger partial charge in [-0.1, -0.05) is 73.8 Å². The minimum Gasteiger partial charge on any atom is -0.463 e. The summed E-state index contributed by atoms with van der Waals surface area (Å²) in [6, 6.07) is 20.2. The molecule has 2 aromatic rings. The van der Waals surface area contributed by atoms with Crippen molar-refractivity contribution in [2.24, 2.45) is 0 Å². The molecule has 216 valence electrons. The Hall–Kier alpha value is -3.03. The van der Waals surface area contributed by atoms with Gasteiger partial charge in [0.05, 0.1) is 43.2 Å². The Bertz CT molecular complexity index is 1130. The van der Waals surface area contributed by atoms with E-state index in [4.69, 9.17) is 29.2 Å². The van der Waals surface area contributed by atoms with Crippen molar-refractivity contribution in [3.8, 4) is 0 Å². The fourth-order valence-corrected chi connectivity index (χ4v) is 5.29. The van der Waals surface area contributed by atoms with Gasteiger partial charge < -0.3 is 29.2 Å². The lowest BCUT2D eigenvalue weighted by atomic mass is 9.85. The van der Waals surface area contributed by atoms with Gasteiger partial charge in [0.15, 0.2) is 0 Å². The highest BCUT2D eigenvalue weighted by Gasteiger charge is 2.56. The van der Waals surface area contributed by atoms with Crippen LogP contribution in [-0.2, 0) is 23.7 Å². The number of aliphatic hydroxyl groups is 2. The molecule has 0 amide bonds. The first kappa shape index (κ1) is 31.5. The SMILES string of the molecule is C=C(C(=O)OCC)[C@]12CC(c3ccccc3)OC1CCO2.C=C=C1CC(c2ccccc2)OC1CCO.CCO. The molecule has 7 heteroatoms. The quantitative estimate of drug-likeness (QED) is 0.271. The molecule has 7 nitrogen and oxygen atoms in total. The molecule has 0 radical (unpaired) electrons. The van der Waals surface area contributed by atoms with Crippen LogP contribution in [0.4, 0.5) is 0 Å². The minimum absolute atomic E-state index is 0.0206. The van der Waals surface area contributed by atoms with E-state index in [2.05, 4.69) is 31.0 Å². The Balaban J connectivity index is 0.000000207. The minimum atomic E-state index is -0.729. The molecule has 3 fully saturated rings. The van der Waals surface area contributed by atoms with Crippen molar-refractivity contribution in [1.29, 1.82) is 0 Å². The lowest BCUT2D eigenvalue weighted by molar-refractivity contribution is -0.141. The first-order valence-electron chi connectivity index (χ1n) is 14.0. The summed E-state index contributed by atoms with van der Waals surface area (Å²) < 4.78 is 23.0. The highest BCUT2D eigenvalue weighted by molar-refractivity contribution is 5.90. The van der Waals surface area contributed by atoms with E-state index in [-0.39, 0.29) is 43.6 Å². The van der Waals surface area contributed by atoms with Crippen LogP contribution >= 0.6 is 0 Å². The van der Waals surface area contributed by atoms with Gasteiger partial charge in [-0.05, 0) is 25.0 Å². The molecule has 0 bridgehead atoms. The third kappa shape index (κ3) is 7.58. The summed E-state index contributed by atoms with van der Waals surface area (Å²) in [5.41, 5.74) is 5.93. The summed E-state index contributed by atoms with van der Waals surface area (Å²) in [6.07, 6.45) is 2.72. The van der Waals surface area contributed by atoms with Gasteiger partial charge in [0.25, 0.3) is 0 Å². The number of benzene rings is 2. The molecule has 0 spiro atoms. The van der Waals surface area contributed by atoms with Gasteiger partial charge in [-0.3, -0.25) is 0 Å². The van der Waals surface area contributed by atoms with Gasteiger partial charge in [-0.2, -0.15) is 0 Å². The van der Waals surface area contributed by atoms with Crippen LogP contribution in [0.2, 0.25) is 0 Å². The average Bonchev–Trinajstić information content (AvgIpc) is 3.68. The van der Waals surface area contributed by atoms with Gasteiger partial charge in [0, 0.05) is 44.5 Å². The molecular weight excluding hydrogens is 508 g/mol. The van der Waals surface area contributed by atoms with E-state index in [1.54, 1.807) is 13.8 Å². The lowest BCUT2D eigenvalue weighted by Gasteiger charge is -2.27. The van der Waals surface area contributed by atoms with Crippen LogP contribution in [0.5, 0.6) is 0 Å². The van der Waals surface area contributed by atoms with Crippen LogP contribution in [0.25, 0.3) is 0 Å². The van der Waals surface area contributed by atoms with Crippen LogP contribution in [-0.4, -0.2) is 60.4 Å². The van der Waals surface area contributed by atoms with Crippen LogP contribution in [0.15, 0.2) is 90.7 Å². The van der Waals surface area contributed by atoms with E-state index in [0.717, 1.165) is 24.0 Å². The zero-order valence-corrected chi connectivity index (χ0v) is 23.6. The van der Waals surface area contributed by atoms with Gasteiger partial charge >= 0.3 is 5.97 Å². The molecule has 5 rings (SSSR count). The number of hydrogen-bond acceptors (Lipinski definition) is 7. The predicted octanol–water partition coefficient (Wildman–Crippen LogP) is 5.40. The number of carbonyl (C=O) groups is 1. The second kappa shape index (κ2) is 15.7. The Morgan fingerprint density at radius 3 is 2.17 bits per heavy atom. The highest BCUT2D eigenvalue weighted by atomic mass is 16.6. The summed E-state index contributed by atoms with van der Waals surface area (Å²) in [6.45, 7) is 12.4. The molecule has 40 heavy (non-hydrogen) atoms. The molecule has 5 atom stereocenters. The summed E-state index contributed by atoms with van der Waals surface area (Å²) in [5.74, 6) is -0.387. The van der Waals surface area contributed by atoms with Crippen molar-refractivity contribution in [2.45, 2.75) is 69.5 Å². The zero-order valence-electron chi connectivity index (χ0n) is 23.6. The maximum absolute atomic E-state index is 12.1. The molecule has 0 saturated carbocycles. The smallest absolute Gasteiger partial charge is 0.336 e. The molecular formula is C33H42O7. The largest absolute Gasteiger partial charge is 0.463 e. The van der Waals surface area contributed by atoms with E-state index in [1.165, 1.54) is 5.56 Å². The molecule has 0 aromatic heterocycles. The summed E-state index contributed by atoms with van der Waals surface area (Å²) in [5, 5.41) is 16.5. The van der Waals surface area contributed by atoms with E-state index in [1.807, 2.05) is 48.5 Å². The first-order chi connectivity index (χ1) is 19.4. The summed E-state index contributed by atoms with van der Waals surface area (Å²) >= 11 is 0. The standard InChI is InChI=1S/C17H20O4.C14H16O2.C2H6O/c1-3-19-16(18)12(2)17-11-14(13-7-5-4-6-8-13)21-15(17)9-10-20-17;1-2-11-10-14(16-13(11)8-9-15)12-6-4-3-5-7-12;1-2-3/h4-8,14-15H,2-3,9-11H2,1H3;3-7,13-15H,1,8-10H2;3H,2H2,1H3/t14?,15?,17-;;/m1../s1. The van der Waals surface area contributed by atoms with Gasteiger partial charge in [-0.25, -0.2) is 4.79 Å². The predicted molar refractivity (Wildman–Crippen MR) is 154 cm³/mol. The topological polar surface area (TPSA) is 94.5 Å². The third-order valence-corrected chi connectivity index (χ3v) is 7.19. The lowest BCUT2D eigenvalue weighted by Crippen LogP contribution is -2.40. The van der Waals surface area contributed by atoms with Crippen molar-refractivity contribution in [3.63, 3.8) is 0 Å². The van der Waals surface area contributed by atoms with Crippen molar-refractivity contribution in [2.75, 3.05) is 26.4 Å². The highest BCUT2D eigenvalue weighted by Crippen LogP contribution is 2.50. The molecule has 3 aliphatic rings. The molecule has 3 aliphatic heterocycles. The molecule has 3 heterocycles. The van der Waals surface area contributed by atoms with Crippen LogP contribution < -0.4 is 0 Å². The van der Waals surface area contributed by atoms with Crippen LogP contribution in [0.1, 0.15) is 62.9 Å². The number of hydrogen-bond donors (Lipinski definition) is 2. The number of rotatable bonds is 7. The maximum Gasteiger partial charge on any atom is 0.336 e. The Morgan fingerprint density at radius 1 is 1.02 bits per heavy atom. The Kier molecular flexibility index (Phi) is 12.3. The normalized spacial score (nSPS) is 26.4. The number of esters is 1. The van der Waals surface area contributed by atoms with E-state index in [0.29, 0.717) is 31.6 Å². The van der Waals surface area contributed by atoms with E-state index in [9.17, 15) is 4.79 Å². The van der Waals surface area contributed by atoms with E-state index < -0.39 is 5.60 Å². The van der Waals surface area contributed by atoms with Crippen LogP contribution in [0, 0.1) is 0 Å². The maximum atomic E-state index is 12.1. The summed E-state index contributed by atoms with van der Waals surface area (Å²) in [7, 11) is 0. The third-order valence-electron chi connectivity index (χ3n) is 7.19. The van der Waals surface area contributed by atoms with Crippen LogP contribution in [0.3, 0.4) is 0 Å². The van der Waals surface area contributed by atoms with Gasteiger partial charge in [0.1, 0.15) is 5.60 Å². The first-order valence-corrected chi connectivity index (χ1v) is 14.0. The number of aliphatic hydroxyl groups excluding tert-OH is 2. The van der Waals surface area contributed by atoms with Gasteiger partial charge in [0.2, 0.25) is 0 Å². The van der Waals surface area contributed by atoms with Crippen molar-refractivity contribution in [3.05, 3.63) is 102 Å². The Labute approximate surface area is 237 Å². The molecule has 2 aromatic carbocycles. The molecule has 3 saturated heterocycles.